The molecular formula is C15H14N2O3S. The van der Waals surface area contributed by atoms with Gasteiger partial charge in [-0.25, -0.2) is 9.78 Å². The minimum atomic E-state index is -0.355. The number of hydrogen-bond donors (Lipinski definition) is 0. The van der Waals surface area contributed by atoms with Crippen LogP contribution in [0.4, 0.5) is 0 Å². The molecule has 3 rings (SSSR count). The molecule has 0 amide bonds. The van der Waals surface area contributed by atoms with Crippen molar-refractivity contribution in [1.29, 1.82) is 0 Å². The summed E-state index contributed by atoms with van der Waals surface area (Å²) in [5, 5.41) is 1.82. The molecule has 0 unspecified atom stereocenters. The lowest BCUT2D eigenvalue weighted by molar-refractivity contribution is 0.414. The molecule has 2 heterocycles. The van der Waals surface area contributed by atoms with Crippen molar-refractivity contribution in [3.63, 3.8) is 0 Å². The lowest BCUT2D eigenvalue weighted by Crippen LogP contribution is -2.00. The van der Waals surface area contributed by atoms with Gasteiger partial charge in [0.2, 0.25) is 0 Å². The SMILES string of the molecule is COc1ccc2c(CSc3nccn3C)cc(=O)oc2c1. The van der Waals surface area contributed by atoms with Gasteiger partial charge in [-0.3, -0.25) is 0 Å². The minimum Gasteiger partial charge on any atom is -0.497 e. The van der Waals surface area contributed by atoms with E-state index >= 15 is 0 Å². The van der Waals surface area contributed by atoms with E-state index in [1.165, 1.54) is 6.07 Å². The Labute approximate surface area is 125 Å². The summed E-state index contributed by atoms with van der Waals surface area (Å²) < 4.78 is 12.3. The van der Waals surface area contributed by atoms with Crippen LogP contribution in [0.5, 0.6) is 5.75 Å². The number of hydrogen-bond acceptors (Lipinski definition) is 5. The maximum Gasteiger partial charge on any atom is 0.336 e. The summed E-state index contributed by atoms with van der Waals surface area (Å²) in [5.74, 6) is 1.32. The van der Waals surface area contributed by atoms with Gasteiger partial charge in [0.15, 0.2) is 5.16 Å². The molecule has 0 radical (unpaired) electrons. The van der Waals surface area contributed by atoms with Crippen molar-refractivity contribution in [2.24, 2.45) is 7.05 Å². The summed E-state index contributed by atoms with van der Waals surface area (Å²) in [6.45, 7) is 0. The fourth-order valence-electron chi connectivity index (χ4n) is 2.09. The van der Waals surface area contributed by atoms with E-state index in [2.05, 4.69) is 4.98 Å². The third-order valence-electron chi connectivity index (χ3n) is 3.17. The summed E-state index contributed by atoms with van der Waals surface area (Å²) in [7, 11) is 3.53. The summed E-state index contributed by atoms with van der Waals surface area (Å²) in [4.78, 5) is 16.0. The predicted octanol–water partition coefficient (Wildman–Crippen LogP) is 2.83. The van der Waals surface area contributed by atoms with Crippen LogP contribution in [0, 0.1) is 0 Å². The number of aryl methyl sites for hydroxylation is 1. The first-order valence-corrected chi connectivity index (χ1v) is 7.37. The Hall–Kier alpha value is -2.21. The zero-order chi connectivity index (χ0) is 14.8. The Morgan fingerprint density at radius 1 is 1.38 bits per heavy atom. The molecule has 3 aromatic rings. The van der Waals surface area contributed by atoms with Crippen molar-refractivity contribution in [2.45, 2.75) is 10.9 Å². The van der Waals surface area contributed by atoms with Crippen molar-refractivity contribution in [1.82, 2.24) is 9.55 Å². The normalized spacial score (nSPS) is 11.0. The number of ether oxygens (including phenoxy) is 1. The lowest BCUT2D eigenvalue weighted by Gasteiger charge is -2.06. The number of benzene rings is 1. The number of methoxy groups -OCH3 is 1. The second kappa shape index (κ2) is 5.65. The zero-order valence-corrected chi connectivity index (χ0v) is 12.5. The fourth-order valence-corrected chi connectivity index (χ4v) is 3.01. The molecule has 0 aliphatic rings. The molecule has 0 fully saturated rings. The highest BCUT2D eigenvalue weighted by Gasteiger charge is 2.09. The number of rotatable bonds is 4. The Kier molecular flexibility index (Phi) is 3.70. The van der Waals surface area contributed by atoms with E-state index in [0.29, 0.717) is 17.1 Å². The highest BCUT2D eigenvalue weighted by molar-refractivity contribution is 7.98. The van der Waals surface area contributed by atoms with E-state index in [9.17, 15) is 4.79 Å². The predicted molar refractivity (Wildman–Crippen MR) is 81.8 cm³/mol. The van der Waals surface area contributed by atoms with Crippen LogP contribution in [0.2, 0.25) is 0 Å². The second-order valence-electron chi connectivity index (χ2n) is 4.56. The topological polar surface area (TPSA) is 57.3 Å². The standard InChI is InChI=1S/C15H14N2O3S/c1-17-6-5-16-15(17)21-9-10-7-14(18)20-13-8-11(19-2)3-4-12(10)13/h3-8H,9H2,1-2H3. The van der Waals surface area contributed by atoms with Crippen LogP contribution < -0.4 is 10.4 Å². The molecule has 21 heavy (non-hydrogen) atoms. The highest BCUT2D eigenvalue weighted by Crippen LogP contribution is 2.27. The average Bonchev–Trinajstić information content (AvgIpc) is 2.89. The van der Waals surface area contributed by atoms with Crippen molar-refractivity contribution >= 4 is 22.7 Å². The molecule has 108 valence electrons. The van der Waals surface area contributed by atoms with Gasteiger partial charge in [0, 0.05) is 42.7 Å². The molecule has 0 saturated carbocycles. The monoisotopic (exact) mass is 302 g/mol. The molecule has 0 aliphatic carbocycles. The summed E-state index contributed by atoms with van der Waals surface area (Å²) in [5.41, 5.74) is 1.11. The molecular weight excluding hydrogens is 288 g/mol. The van der Waals surface area contributed by atoms with E-state index in [0.717, 1.165) is 16.1 Å². The molecule has 0 aliphatic heterocycles. The number of fused-ring (bicyclic) bond motifs is 1. The number of aromatic nitrogens is 2. The van der Waals surface area contributed by atoms with Gasteiger partial charge in [-0.2, -0.15) is 0 Å². The molecule has 5 nitrogen and oxygen atoms in total. The lowest BCUT2D eigenvalue weighted by atomic mass is 10.1. The van der Waals surface area contributed by atoms with Gasteiger partial charge >= 0.3 is 5.63 Å². The average molecular weight is 302 g/mol. The van der Waals surface area contributed by atoms with Crippen molar-refractivity contribution in [3.8, 4) is 5.75 Å². The Morgan fingerprint density at radius 3 is 2.95 bits per heavy atom. The first-order chi connectivity index (χ1) is 10.2. The number of imidazole rings is 1. The van der Waals surface area contributed by atoms with Crippen LogP contribution in [0.15, 0.2) is 51.0 Å². The maximum absolute atomic E-state index is 11.7. The van der Waals surface area contributed by atoms with Crippen LogP contribution in [-0.2, 0) is 12.8 Å². The van der Waals surface area contributed by atoms with E-state index in [1.807, 2.05) is 29.9 Å². The van der Waals surface area contributed by atoms with Crippen LogP contribution in [0.3, 0.4) is 0 Å². The Morgan fingerprint density at radius 2 is 2.24 bits per heavy atom. The fraction of sp³-hybridized carbons (Fsp3) is 0.200. The van der Waals surface area contributed by atoms with E-state index in [-0.39, 0.29) is 5.63 Å². The largest absolute Gasteiger partial charge is 0.497 e. The third-order valence-corrected chi connectivity index (χ3v) is 4.28. The first kappa shape index (κ1) is 13.8. The van der Waals surface area contributed by atoms with Gasteiger partial charge in [-0.15, -0.1) is 0 Å². The smallest absolute Gasteiger partial charge is 0.336 e. The zero-order valence-electron chi connectivity index (χ0n) is 11.7. The van der Waals surface area contributed by atoms with E-state index < -0.39 is 0 Å². The van der Waals surface area contributed by atoms with Crippen molar-refractivity contribution < 1.29 is 9.15 Å². The summed E-state index contributed by atoms with van der Waals surface area (Å²) in [6, 6.07) is 7.03. The van der Waals surface area contributed by atoms with E-state index in [1.54, 1.807) is 31.1 Å². The van der Waals surface area contributed by atoms with Crippen LogP contribution >= 0.6 is 11.8 Å². The molecule has 0 spiro atoms. The number of thioether (sulfide) groups is 1. The van der Waals surface area contributed by atoms with Gasteiger partial charge in [0.1, 0.15) is 11.3 Å². The van der Waals surface area contributed by atoms with Crippen molar-refractivity contribution in [3.05, 3.63) is 52.6 Å². The van der Waals surface area contributed by atoms with Crippen LogP contribution in [0.25, 0.3) is 11.0 Å². The van der Waals surface area contributed by atoms with Gasteiger partial charge in [0.05, 0.1) is 7.11 Å². The molecule has 0 atom stereocenters. The quantitative estimate of drug-likeness (QED) is 0.548. The van der Waals surface area contributed by atoms with Gasteiger partial charge in [0.25, 0.3) is 0 Å². The van der Waals surface area contributed by atoms with Crippen LogP contribution in [-0.4, -0.2) is 16.7 Å². The van der Waals surface area contributed by atoms with Gasteiger partial charge in [-0.1, -0.05) is 11.8 Å². The molecule has 1 aromatic carbocycles. The minimum absolute atomic E-state index is 0.355. The van der Waals surface area contributed by atoms with E-state index in [4.69, 9.17) is 9.15 Å². The Bertz CT molecular complexity index is 838. The van der Waals surface area contributed by atoms with Crippen molar-refractivity contribution in [2.75, 3.05) is 7.11 Å². The maximum atomic E-state index is 11.7. The molecule has 0 bridgehead atoms. The molecule has 0 saturated heterocycles. The second-order valence-corrected chi connectivity index (χ2v) is 5.50. The van der Waals surface area contributed by atoms with Gasteiger partial charge < -0.3 is 13.7 Å². The summed E-state index contributed by atoms with van der Waals surface area (Å²) in [6.07, 6.45) is 3.65. The molecule has 6 heteroatoms. The molecule has 2 aromatic heterocycles. The highest BCUT2D eigenvalue weighted by atomic mass is 32.2. The third kappa shape index (κ3) is 2.80. The van der Waals surface area contributed by atoms with Crippen LogP contribution in [0.1, 0.15) is 5.56 Å². The summed E-state index contributed by atoms with van der Waals surface area (Å²) >= 11 is 1.58. The molecule has 0 N–H and O–H groups in total. The number of nitrogens with zero attached hydrogens (tertiary/aromatic N) is 2. The first-order valence-electron chi connectivity index (χ1n) is 6.38. The van der Waals surface area contributed by atoms with Gasteiger partial charge in [-0.05, 0) is 17.7 Å². The Balaban J connectivity index is 1.97.